The second-order valence-corrected chi connectivity index (χ2v) is 3.12. The highest BCUT2D eigenvalue weighted by Crippen LogP contribution is 2.36. The van der Waals surface area contributed by atoms with Crippen molar-refractivity contribution in [2.75, 3.05) is 13.7 Å². The van der Waals surface area contributed by atoms with E-state index in [9.17, 15) is 0 Å². The third-order valence-corrected chi connectivity index (χ3v) is 2.22. The van der Waals surface area contributed by atoms with Crippen LogP contribution in [0.5, 0.6) is 5.75 Å². The fraction of sp³-hybridized carbons (Fsp3) is 0.333. The molecule has 0 amide bonds. The number of rotatable bonds is 2. The van der Waals surface area contributed by atoms with Gasteiger partial charge in [0.2, 0.25) is 0 Å². The summed E-state index contributed by atoms with van der Waals surface area (Å²) in [6, 6.07) is 5.64. The Morgan fingerprint density at radius 3 is 2.83 bits per heavy atom. The van der Waals surface area contributed by atoms with Gasteiger partial charge in [-0.25, -0.2) is 0 Å². The highest BCUT2D eigenvalue weighted by Gasteiger charge is 2.26. The number of halogens is 1. The number of benzene rings is 1. The summed E-state index contributed by atoms with van der Waals surface area (Å²) in [7, 11) is 1.62. The van der Waals surface area contributed by atoms with Crippen LogP contribution in [0.4, 0.5) is 0 Å². The van der Waals surface area contributed by atoms with Crippen LogP contribution in [0.2, 0.25) is 5.02 Å². The number of epoxide rings is 1. The summed E-state index contributed by atoms with van der Waals surface area (Å²) in [5.74, 6) is 0.782. The summed E-state index contributed by atoms with van der Waals surface area (Å²) in [4.78, 5) is 0. The van der Waals surface area contributed by atoms with Crippen LogP contribution in [-0.4, -0.2) is 13.7 Å². The topological polar surface area (TPSA) is 21.8 Å². The minimum Gasteiger partial charge on any atom is -0.497 e. The van der Waals surface area contributed by atoms with E-state index < -0.39 is 0 Å². The Balaban J connectivity index is 2.32. The maximum absolute atomic E-state index is 5.98. The molecule has 0 N–H and O–H groups in total. The van der Waals surface area contributed by atoms with Crippen LogP contribution in [0, 0.1) is 0 Å². The zero-order chi connectivity index (χ0) is 8.55. The zero-order valence-corrected chi connectivity index (χ0v) is 7.47. The molecular formula is C9H9ClO2. The Morgan fingerprint density at radius 1 is 1.58 bits per heavy atom. The normalized spacial score (nSPS) is 20.7. The molecule has 1 aliphatic rings. The van der Waals surface area contributed by atoms with Gasteiger partial charge in [-0.15, -0.1) is 0 Å². The highest BCUT2D eigenvalue weighted by atomic mass is 35.5. The van der Waals surface area contributed by atoms with Crippen LogP contribution >= 0.6 is 11.6 Å². The van der Waals surface area contributed by atoms with Gasteiger partial charge in [-0.1, -0.05) is 17.7 Å². The van der Waals surface area contributed by atoms with Gasteiger partial charge in [0.1, 0.15) is 11.9 Å². The van der Waals surface area contributed by atoms with E-state index >= 15 is 0 Å². The SMILES string of the molecule is COc1ccc([C@H]2CO2)c(Cl)c1. The maximum atomic E-state index is 5.98. The van der Waals surface area contributed by atoms with E-state index in [1.165, 1.54) is 0 Å². The van der Waals surface area contributed by atoms with Crippen molar-refractivity contribution in [3.63, 3.8) is 0 Å². The standard InChI is InChI=1S/C9H9ClO2/c1-11-6-2-3-7(8(10)4-6)9-5-12-9/h2-4,9H,5H2,1H3/t9-/m1/s1. The largest absolute Gasteiger partial charge is 0.497 e. The summed E-state index contributed by atoms with van der Waals surface area (Å²) in [5.41, 5.74) is 1.05. The third-order valence-electron chi connectivity index (χ3n) is 1.89. The van der Waals surface area contributed by atoms with Crippen molar-refractivity contribution in [1.82, 2.24) is 0 Å². The van der Waals surface area contributed by atoms with Gasteiger partial charge in [-0.3, -0.25) is 0 Å². The Hall–Kier alpha value is -0.730. The lowest BCUT2D eigenvalue weighted by Gasteiger charge is -2.03. The minimum atomic E-state index is 0.211. The molecule has 1 aromatic carbocycles. The zero-order valence-electron chi connectivity index (χ0n) is 6.71. The van der Waals surface area contributed by atoms with Crippen molar-refractivity contribution < 1.29 is 9.47 Å². The van der Waals surface area contributed by atoms with E-state index in [0.29, 0.717) is 0 Å². The molecule has 1 heterocycles. The molecule has 0 bridgehead atoms. The summed E-state index contributed by atoms with van der Waals surface area (Å²) in [6.45, 7) is 0.784. The molecular weight excluding hydrogens is 176 g/mol. The molecule has 64 valence electrons. The molecule has 0 spiro atoms. The highest BCUT2D eigenvalue weighted by molar-refractivity contribution is 6.31. The summed E-state index contributed by atoms with van der Waals surface area (Å²) in [5, 5.41) is 0.719. The number of methoxy groups -OCH3 is 1. The van der Waals surface area contributed by atoms with Crippen molar-refractivity contribution in [2.45, 2.75) is 6.10 Å². The second kappa shape index (κ2) is 2.96. The first-order valence-corrected chi connectivity index (χ1v) is 4.14. The van der Waals surface area contributed by atoms with E-state index in [0.717, 1.165) is 22.9 Å². The van der Waals surface area contributed by atoms with E-state index in [2.05, 4.69) is 0 Å². The van der Waals surface area contributed by atoms with Gasteiger partial charge in [0, 0.05) is 5.56 Å². The molecule has 2 rings (SSSR count). The van der Waals surface area contributed by atoms with Crippen molar-refractivity contribution in [2.24, 2.45) is 0 Å². The summed E-state index contributed by atoms with van der Waals surface area (Å²) < 4.78 is 10.1. The van der Waals surface area contributed by atoms with Gasteiger partial charge >= 0.3 is 0 Å². The Morgan fingerprint density at radius 2 is 2.33 bits per heavy atom. The van der Waals surface area contributed by atoms with Crippen LogP contribution < -0.4 is 4.74 Å². The molecule has 0 saturated carbocycles. The minimum absolute atomic E-state index is 0.211. The molecule has 0 radical (unpaired) electrons. The molecule has 0 aliphatic carbocycles. The maximum Gasteiger partial charge on any atom is 0.120 e. The van der Waals surface area contributed by atoms with Gasteiger partial charge in [0.05, 0.1) is 18.7 Å². The first-order valence-electron chi connectivity index (χ1n) is 3.76. The van der Waals surface area contributed by atoms with E-state index in [1.54, 1.807) is 13.2 Å². The summed E-state index contributed by atoms with van der Waals surface area (Å²) >= 11 is 5.98. The molecule has 2 nitrogen and oxygen atoms in total. The lowest BCUT2D eigenvalue weighted by atomic mass is 10.1. The number of hydrogen-bond acceptors (Lipinski definition) is 2. The van der Waals surface area contributed by atoms with Crippen molar-refractivity contribution in [3.8, 4) is 5.75 Å². The van der Waals surface area contributed by atoms with Gasteiger partial charge in [0.25, 0.3) is 0 Å². The summed E-state index contributed by atoms with van der Waals surface area (Å²) in [6.07, 6.45) is 0.211. The van der Waals surface area contributed by atoms with Crippen LogP contribution in [0.15, 0.2) is 18.2 Å². The lowest BCUT2D eigenvalue weighted by Crippen LogP contribution is -1.86. The van der Waals surface area contributed by atoms with Gasteiger partial charge < -0.3 is 9.47 Å². The molecule has 0 aromatic heterocycles. The van der Waals surface area contributed by atoms with Gasteiger partial charge in [0.15, 0.2) is 0 Å². The number of hydrogen-bond donors (Lipinski definition) is 0. The molecule has 1 aromatic rings. The fourth-order valence-corrected chi connectivity index (χ4v) is 1.42. The Bertz CT molecular complexity index is 295. The predicted octanol–water partition coefficient (Wildman–Crippen LogP) is 2.42. The Kier molecular flexibility index (Phi) is 1.95. The first kappa shape index (κ1) is 7.90. The molecule has 1 saturated heterocycles. The fourth-order valence-electron chi connectivity index (χ4n) is 1.12. The molecule has 3 heteroatoms. The molecule has 12 heavy (non-hydrogen) atoms. The van der Waals surface area contributed by atoms with E-state index in [1.807, 2.05) is 12.1 Å². The Labute approximate surface area is 76.1 Å². The van der Waals surface area contributed by atoms with E-state index in [4.69, 9.17) is 21.1 Å². The smallest absolute Gasteiger partial charge is 0.120 e. The van der Waals surface area contributed by atoms with E-state index in [-0.39, 0.29) is 6.10 Å². The first-order chi connectivity index (χ1) is 5.81. The van der Waals surface area contributed by atoms with Crippen LogP contribution in [0.1, 0.15) is 11.7 Å². The third kappa shape index (κ3) is 1.40. The second-order valence-electron chi connectivity index (χ2n) is 2.71. The van der Waals surface area contributed by atoms with Crippen molar-refractivity contribution in [1.29, 1.82) is 0 Å². The van der Waals surface area contributed by atoms with Gasteiger partial charge in [-0.2, -0.15) is 0 Å². The molecule has 1 atom stereocenters. The molecule has 1 fully saturated rings. The van der Waals surface area contributed by atoms with Gasteiger partial charge in [-0.05, 0) is 12.1 Å². The predicted molar refractivity (Wildman–Crippen MR) is 46.7 cm³/mol. The average molecular weight is 185 g/mol. The van der Waals surface area contributed by atoms with Crippen LogP contribution in [0.25, 0.3) is 0 Å². The average Bonchev–Trinajstić information content (AvgIpc) is 2.87. The molecule has 1 aliphatic heterocycles. The van der Waals surface area contributed by atoms with Crippen molar-refractivity contribution in [3.05, 3.63) is 28.8 Å². The molecule has 0 unspecified atom stereocenters. The van der Waals surface area contributed by atoms with Crippen LogP contribution in [-0.2, 0) is 4.74 Å². The number of ether oxygens (including phenoxy) is 2. The quantitative estimate of drug-likeness (QED) is 0.659. The lowest BCUT2D eigenvalue weighted by molar-refractivity contribution is 0.409. The monoisotopic (exact) mass is 184 g/mol. The van der Waals surface area contributed by atoms with Crippen molar-refractivity contribution >= 4 is 11.6 Å². The van der Waals surface area contributed by atoms with Crippen LogP contribution in [0.3, 0.4) is 0 Å².